The largest absolute Gasteiger partial charge is 0.444 e. The second-order valence-corrected chi connectivity index (χ2v) is 8.79. The molecule has 0 N–H and O–H groups in total. The molecular weight excluding hydrogens is 394 g/mol. The van der Waals surface area contributed by atoms with Gasteiger partial charge in [-0.3, -0.25) is 9.69 Å². The first kappa shape index (κ1) is 25.5. The van der Waals surface area contributed by atoms with Crippen LogP contribution in [0, 0.1) is 13.8 Å². The molecular formula is C22H32F2N2O4. The summed E-state index contributed by atoms with van der Waals surface area (Å²) in [5.41, 5.74) is 0.237. The third kappa shape index (κ3) is 6.00. The minimum absolute atomic E-state index is 0.210. The van der Waals surface area contributed by atoms with Gasteiger partial charge in [-0.2, -0.15) is 8.78 Å². The fraction of sp³-hybridized carbons (Fsp3) is 0.591. The number of hydrogen-bond acceptors (Lipinski definition) is 4. The van der Waals surface area contributed by atoms with Gasteiger partial charge in [-0.05, 0) is 51.3 Å². The zero-order valence-corrected chi connectivity index (χ0v) is 19.0. The topological polar surface area (TPSA) is 66.9 Å². The summed E-state index contributed by atoms with van der Waals surface area (Å²) in [6.07, 6.45) is -0.331. The van der Waals surface area contributed by atoms with E-state index in [0.717, 1.165) is 16.0 Å². The van der Waals surface area contributed by atoms with Gasteiger partial charge in [-0.1, -0.05) is 18.2 Å². The highest BCUT2D eigenvalue weighted by molar-refractivity contribution is 5.83. The summed E-state index contributed by atoms with van der Waals surface area (Å²) in [7, 11) is 2.67. The first-order valence-corrected chi connectivity index (χ1v) is 9.67. The van der Waals surface area contributed by atoms with E-state index >= 15 is 0 Å². The van der Waals surface area contributed by atoms with Gasteiger partial charge in [0, 0.05) is 34.0 Å². The molecule has 6 nitrogen and oxygen atoms in total. The quantitative estimate of drug-likeness (QED) is 0.617. The Morgan fingerprint density at radius 1 is 1.07 bits per heavy atom. The van der Waals surface area contributed by atoms with E-state index in [-0.39, 0.29) is 13.0 Å². The second kappa shape index (κ2) is 9.10. The SMILES string of the molecule is Cc1ccc([C@@](CC=O)(CN(C)C(=O)C(C)(F)F)N(C)C(=O)OC(C)(C)C)cc1C. The predicted molar refractivity (Wildman–Crippen MR) is 111 cm³/mol. The molecule has 0 radical (unpaired) electrons. The van der Waals surface area contributed by atoms with Crippen LogP contribution in [0.15, 0.2) is 18.2 Å². The number of aryl methyl sites for hydroxylation is 2. The van der Waals surface area contributed by atoms with Crippen molar-refractivity contribution in [3.05, 3.63) is 34.9 Å². The fourth-order valence-corrected chi connectivity index (χ4v) is 3.18. The Morgan fingerprint density at radius 3 is 2.07 bits per heavy atom. The number of halogens is 2. The van der Waals surface area contributed by atoms with Crippen molar-refractivity contribution < 1.29 is 27.9 Å². The van der Waals surface area contributed by atoms with E-state index in [4.69, 9.17) is 4.74 Å². The number of carbonyl (C=O) groups excluding carboxylic acids is 3. The van der Waals surface area contributed by atoms with Crippen LogP contribution < -0.4 is 0 Å². The molecule has 0 bridgehead atoms. The van der Waals surface area contributed by atoms with E-state index in [9.17, 15) is 23.2 Å². The number of benzene rings is 1. The average molecular weight is 427 g/mol. The van der Waals surface area contributed by atoms with Crippen LogP contribution in [0.4, 0.5) is 13.6 Å². The fourth-order valence-electron chi connectivity index (χ4n) is 3.18. The van der Waals surface area contributed by atoms with Crippen molar-refractivity contribution in [1.29, 1.82) is 0 Å². The van der Waals surface area contributed by atoms with Gasteiger partial charge in [0.25, 0.3) is 5.91 Å². The number of likely N-dealkylation sites (N-methyl/N-ethyl adjacent to an activating group) is 2. The highest BCUT2D eigenvalue weighted by Crippen LogP contribution is 2.35. The lowest BCUT2D eigenvalue weighted by Crippen LogP contribution is -2.56. The normalized spacial score (nSPS) is 13.9. The number of alkyl halides is 2. The Balaban J connectivity index is 3.60. The van der Waals surface area contributed by atoms with Crippen LogP contribution in [0.25, 0.3) is 0 Å². The standard InChI is InChI=1S/C22H32F2N2O4/c1-15-9-10-17(13-16(15)2)22(11-12-27,14-25(7)18(28)21(6,23)24)26(8)19(29)30-20(3,4)5/h9-10,12-13H,11,14H2,1-8H3/t22-/m1/s1. The van der Waals surface area contributed by atoms with E-state index in [1.54, 1.807) is 32.9 Å². The molecule has 2 amide bonds. The van der Waals surface area contributed by atoms with Crippen molar-refractivity contribution in [1.82, 2.24) is 9.80 Å². The Bertz CT molecular complexity index is 799. The van der Waals surface area contributed by atoms with Crippen LogP contribution in [0.1, 0.15) is 50.8 Å². The molecule has 0 heterocycles. The van der Waals surface area contributed by atoms with Crippen molar-refractivity contribution >= 4 is 18.3 Å². The number of rotatable bonds is 7. The molecule has 1 rings (SSSR count). The number of aldehydes is 1. The number of carbonyl (C=O) groups is 3. The maximum atomic E-state index is 13.7. The molecule has 0 spiro atoms. The van der Waals surface area contributed by atoms with Crippen molar-refractivity contribution in [2.24, 2.45) is 0 Å². The highest BCUT2D eigenvalue weighted by Gasteiger charge is 2.45. The minimum Gasteiger partial charge on any atom is -0.444 e. The van der Waals surface area contributed by atoms with Crippen molar-refractivity contribution in [2.75, 3.05) is 20.6 Å². The summed E-state index contributed by atoms with van der Waals surface area (Å²) in [6, 6.07) is 5.35. The van der Waals surface area contributed by atoms with Gasteiger partial charge < -0.3 is 14.4 Å². The van der Waals surface area contributed by atoms with Crippen LogP contribution in [-0.2, 0) is 19.9 Å². The lowest BCUT2D eigenvalue weighted by molar-refractivity contribution is -0.155. The first-order valence-electron chi connectivity index (χ1n) is 9.67. The van der Waals surface area contributed by atoms with Crippen LogP contribution >= 0.6 is 0 Å². The van der Waals surface area contributed by atoms with Crippen molar-refractivity contribution in [3.63, 3.8) is 0 Å². The van der Waals surface area contributed by atoms with E-state index in [2.05, 4.69) is 0 Å². The zero-order chi connectivity index (χ0) is 23.5. The Hall–Kier alpha value is -2.51. The molecule has 1 aromatic carbocycles. The van der Waals surface area contributed by atoms with E-state index in [1.165, 1.54) is 19.0 Å². The molecule has 0 saturated carbocycles. The maximum Gasteiger partial charge on any atom is 0.410 e. The van der Waals surface area contributed by atoms with Gasteiger partial charge in [0.15, 0.2) is 0 Å². The Kier molecular flexibility index (Phi) is 7.74. The lowest BCUT2D eigenvalue weighted by atomic mass is 9.83. The van der Waals surface area contributed by atoms with E-state index in [1.807, 2.05) is 19.9 Å². The number of nitrogens with zero attached hydrogens (tertiary/aromatic N) is 2. The summed E-state index contributed by atoms with van der Waals surface area (Å²) in [5, 5.41) is 0. The van der Waals surface area contributed by atoms with Gasteiger partial charge >= 0.3 is 12.0 Å². The molecule has 0 aromatic heterocycles. The first-order chi connectivity index (χ1) is 13.5. The summed E-state index contributed by atoms with van der Waals surface area (Å²) >= 11 is 0. The molecule has 30 heavy (non-hydrogen) atoms. The summed E-state index contributed by atoms with van der Waals surface area (Å²) < 4.78 is 32.8. The molecule has 1 aromatic rings. The van der Waals surface area contributed by atoms with Crippen molar-refractivity contribution in [3.8, 4) is 0 Å². The molecule has 0 saturated heterocycles. The van der Waals surface area contributed by atoms with E-state index in [0.29, 0.717) is 18.8 Å². The highest BCUT2D eigenvalue weighted by atomic mass is 19.3. The van der Waals surface area contributed by atoms with Crippen LogP contribution in [0.2, 0.25) is 0 Å². The van der Waals surface area contributed by atoms with Crippen LogP contribution in [-0.4, -0.2) is 60.3 Å². The second-order valence-electron chi connectivity index (χ2n) is 8.79. The average Bonchev–Trinajstić information content (AvgIpc) is 2.59. The molecule has 0 aliphatic heterocycles. The van der Waals surface area contributed by atoms with Crippen molar-refractivity contribution in [2.45, 2.75) is 65.0 Å². The predicted octanol–water partition coefficient (Wildman–Crippen LogP) is 4.07. The van der Waals surface area contributed by atoms with Crippen LogP contribution in [0.5, 0.6) is 0 Å². The summed E-state index contributed by atoms with van der Waals surface area (Å²) in [6.45, 7) is 9.07. The Labute approximate surface area is 177 Å². The summed E-state index contributed by atoms with van der Waals surface area (Å²) in [5.74, 6) is -4.99. The number of amides is 2. The third-order valence-electron chi connectivity index (χ3n) is 5.00. The van der Waals surface area contributed by atoms with Gasteiger partial charge in [0.1, 0.15) is 11.9 Å². The minimum atomic E-state index is -3.59. The monoisotopic (exact) mass is 426 g/mol. The molecule has 0 aliphatic carbocycles. The molecule has 0 aliphatic rings. The molecule has 168 valence electrons. The maximum absolute atomic E-state index is 13.7. The van der Waals surface area contributed by atoms with Gasteiger partial charge in [0.05, 0.1) is 5.54 Å². The smallest absolute Gasteiger partial charge is 0.410 e. The number of hydrogen-bond donors (Lipinski definition) is 0. The summed E-state index contributed by atoms with van der Waals surface area (Å²) in [4.78, 5) is 38.8. The van der Waals surface area contributed by atoms with E-state index < -0.39 is 29.1 Å². The lowest BCUT2D eigenvalue weighted by Gasteiger charge is -2.44. The molecule has 1 atom stereocenters. The van der Waals surface area contributed by atoms with Crippen LogP contribution in [0.3, 0.4) is 0 Å². The molecule has 0 fully saturated rings. The Morgan fingerprint density at radius 2 is 1.63 bits per heavy atom. The van der Waals surface area contributed by atoms with Gasteiger partial charge in [0.2, 0.25) is 0 Å². The number of ether oxygens (including phenoxy) is 1. The van der Waals surface area contributed by atoms with Gasteiger partial charge in [-0.25, -0.2) is 4.79 Å². The third-order valence-corrected chi connectivity index (χ3v) is 5.00. The molecule has 8 heteroatoms. The van der Waals surface area contributed by atoms with Gasteiger partial charge in [-0.15, -0.1) is 0 Å². The molecule has 0 unspecified atom stereocenters. The zero-order valence-electron chi connectivity index (χ0n) is 19.0.